The predicted molar refractivity (Wildman–Crippen MR) is 79.3 cm³/mol. The molecule has 1 fully saturated rings. The summed E-state index contributed by atoms with van der Waals surface area (Å²) >= 11 is 0. The Hall–Kier alpha value is -1.79. The van der Waals surface area contributed by atoms with Crippen molar-refractivity contribution in [1.29, 1.82) is 0 Å². The van der Waals surface area contributed by atoms with Gasteiger partial charge >= 0.3 is 0 Å². The molecule has 1 aliphatic carbocycles. The number of rotatable bonds is 4. The van der Waals surface area contributed by atoms with Crippen LogP contribution in [0.3, 0.4) is 0 Å². The molecule has 0 bridgehead atoms. The number of carbonyl (C=O) groups is 1. The number of aliphatic hydroxyl groups excluding tert-OH is 1. The summed E-state index contributed by atoms with van der Waals surface area (Å²) in [5.74, 6) is 6.18. The molecule has 1 aliphatic rings. The van der Waals surface area contributed by atoms with Gasteiger partial charge in [0.2, 0.25) is 0 Å². The van der Waals surface area contributed by atoms with Crippen LogP contribution < -0.4 is 0 Å². The lowest BCUT2D eigenvalue weighted by atomic mass is 10.1. The van der Waals surface area contributed by atoms with E-state index in [2.05, 4.69) is 11.8 Å². The molecular formula is C17H21NO2. The highest BCUT2D eigenvalue weighted by Crippen LogP contribution is 2.31. The molecule has 1 N–H and O–H groups in total. The molecule has 1 aromatic rings. The molecule has 3 nitrogen and oxygen atoms in total. The smallest absolute Gasteiger partial charge is 0.255 e. The number of nitrogens with zero attached hydrogens (tertiary/aromatic N) is 1. The van der Waals surface area contributed by atoms with Crippen LogP contribution in [-0.4, -0.2) is 35.1 Å². The molecule has 20 heavy (non-hydrogen) atoms. The van der Waals surface area contributed by atoms with Gasteiger partial charge in [-0.2, -0.15) is 0 Å². The van der Waals surface area contributed by atoms with Crippen LogP contribution in [0.4, 0.5) is 0 Å². The lowest BCUT2D eigenvalue weighted by Gasteiger charge is -2.27. The Bertz CT molecular complexity index is 535. The van der Waals surface area contributed by atoms with E-state index in [1.54, 1.807) is 0 Å². The highest BCUT2D eigenvalue weighted by Gasteiger charge is 2.29. The van der Waals surface area contributed by atoms with Gasteiger partial charge in [-0.15, -0.1) is 0 Å². The zero-order chi connectivity index (χ0) is 14.5. The fraction of sp³-hybridized carbons (Fsp3) is 0.471. The van der Waals surface area contributed by atoms with E-state index >= 15 is 0 Å². The zero-order valence-electron chi connectivity index (χ0n) is 12.1. The van der Waals surface area contributed by atoms with E-state index in [4.69, 9.17) is 5.11 Å². The van der Waals surface area contributed by atoms with Crippen LogP contribution in [0.15, 0.2) is 24.3 Å². The average Bonchev–Trinajstić information content (AvgIpc) is 3.26. The monoisotopic (exact) mass is 271 g/mol. The Morgan fingerprint density at radius 2 is 2.10 bits per heavy atom. The third-order valence-corrected chi connectivity index (χ3v) is 3.50. The summed E-state index contributed by atoms with van der Waals surface area (Å²) < 4.78 is 0. The second-order valence-corrected chi connectivity index (χ2v) is 5.50. The molecule has 0 saturated heterocycles. The van der Waals surface area contributed by atoms with Gasteiger partial charge in [-0.1, -0.05) is 24.0 Å². The first-order valence-corrected chi connectivity index (χ1v) is 7.13. The fourth-order valence-corrected chi connectivity index (χ4v) is 2.17. The van der Waals surface area contributed by atoms with Crippen LogP contribution in [0.25, 0.3) is 0 Å². The minimum atomic E-state index is -0.196. The Morgan fingerprint density at radius 3 is 2.70 bits per heavy atom. The first-order chi connectivity index (χ1) is 9.63. The van der Waals surface area contributed by atoms with Crippen molar-refractivity contribution in [3.63, 3.8) is 0 Å². The molecule has 0 radical (unpaired) electrons. The summed E-state index contributed by atoms with van der Waals surface area (Å²) in [5.41, 5.74) is 1.32. The summed E-state index contributed by atoms with van der Waals surface area (Å²) in [5, 5.41) is 8.81. The maximum Gasteiger partial charge on any atom is 0.255 e. The van der Waals surface area contributed by atoms with E-state index in [1.165, 1.54) is 12.8 Å². The molecule has 0 unspecified atom stereocenters. The Morgan fingerprint density at radius 1 is 1.40 bits per heavy atom. The van der Waals surface area contributed by atoms with Crippen molar-refractivity contribution in [3.8, 4) is 11.8 Å². The average molecular weight is 271 g/mol. The summed E-state index contributed by atoms with van der Waals surface area (Å²) in [4.78, 5) is 14.7. The molecular weight excluding hydrogens is 250 g/mol. The SMILES string of the molecule is CC(C)N(CC1CC1)C(=O)c1ccccc1C#CCO. The van der Waals surface area contributed by atoms with Crippen molar-refractivity contribution < 1.29 is 9.90 Å². The summed E-state index contributed by atoms with van der Waals surface area (Å²) in [6.07, 6.45) is 2.45. The number of hydrogen-bond donors (Lipinski definition) is 1. The van der Waals surface area contributed by atoms with Crippen LogP contribution in [0.1, 0.15) is 42.6 Å². The maximum absolute atomic E-state index is 12.7. The molecule has 0 aliphatic heterocycles. The standard InChI is InChI=1S/C17H21NO2/c1-13(2)18(12-14-9-10-14)17(20)16-8-4-3-6-15(16)7-5-11-19/h3-4,6,8,13-14,19H,9-12H2,1-2H3. The molecule has 0 spiro atoms. The van der Waals surface area contributed by atoms with E-state index in [9.17, 15) is 4.79 Å². The maximum atomic E-state index is 12.7. The minimum Gasteiger partial charge on any atom is -0.384 e. The van der Waals surface area contributed by atoms with Crippen molar-refractivity contribution >= 4 is 5.91 Å². The Kier molecular flexibility index (Phi) is 4.81. The van der Waals surface area contributed by atoms with Crippen molar-refractivity contribution in [2.24, 2.45) is 5.92 Å². The summed E-state index contributed by atoms with van der Waals surface area (Å²) in [7, 11) is 0. The third-order valence-electron chi connectivity index (χ3n) is 3.50. The fourth-order valence-electron chi connectivity index (χ4n) is 2.17. The lowest BCUT2D eigenvalue weighted by molar-refractivity contribution is 0.0696. The van der Waals surface area contributed by atoms with Gasteiger partial charge in [0.15, 0.2) is 0 Å². The first kappa shape index (κ1) is 14.6. The first-order valence-electron chi connectivity index (χ1n) is 7.13. The Labute approximate surface area is 120 Å². The van der Waals surface area contributed by atoms with Gasteiger partial charge in [-0.05, 0) is 44.7 Å². The summed E-state index contributed by atoms with van der Waals surface area (Å²) in [6.45, 7) is 4.72. The molecule has 1 amide bonds. The van der Waals surface area contributed by atoms with Gasteiger partial charge in [0.25, 0.3) is 5.91 Å². The Balaban J connectivity index is 2.25. The van der Waals surface area contributed by atoms with Crippen LogP contribution in [0.2, 0.25) is 0 Å². The predicted octanol–water partition coefficient (Wildman–Crippen LogP) is 2.29. The molecule has 2 rings (SSSR count). The van der Waals surface area contributed by atoms with Crippen molar-refractivity contribution in [2.45, 2.75) is 32.7 Å². The quantitative estimate of drug-likeness (QED) is 0.854. The number of aliphatic hydroxyl groups is 1. The number of carbonyl (C=O) groups excluding carboxylic acids is 1. The highest BCUT2D eigenvalue weighted by molar-refractivity contribution is 5.97. The van der Waals surface area contributed by atoms with Crippen LogP contribution in [-0.2, 0) is 0 Å². The molecule has 3 heteroatoms. The number of amides is 1. The van der Waals surface area contributed by atoms with Gasteiger partial charge < -0.3 is 10.0 Å². The largest absolute Gasteiger partial charge is 0.384 e. The van der Waals surface area contributed by atoms with E-state index < -0.39 is 0 Å². The normalized spacial score (nSPS) is 13.8. The molecule has 1 aromatic carbocycles. The van der Waals surface area contributed by atoms with Gasteiger partial charge in [-0.3, -0.25) is 4.79 Å². The van der Waals surface area contributed by atoms with Crippen molar-refractivity contribution in [1.82, 2.24) is 4.90 Å². The number of benzene rings is 1. The van der Waals surface area contributed by atoms with E-state index in [0.29, 0.717) is 17.0 Å². The lowest BCUT2D eigenvalue weighted by Crippen LogP contribution is -2.38. The molecule has 106 valence electrons. The van der Waals surface area contributed by atoms with Gasteiger partial charge in [-0.25, -0.2) is 0 Å². The van der Waals surface area contributed by atoms with E-state index in [1.807, 2.05) is 43.0 Å². The zero-order valence-corrected chi connectivity index (χ0v) is 12.1. The van der Waals surface area contributed by atoms with E-state index in [0.717, 1.165) is 6.54 Å². The minimum absolute atomic E-state index is 0.0368. The van der Waals surface area contributed by atoms with Crippen molar-refractivity contribution in [2.75, 3.05) is 13.2 Å². The number of hydrogen-bond acceptors (Lipinski definition) is 2. The van der Waals surface area contributed by atoms with Gasteiger partial charge in [0.1, 0.15) is 6.61 Å². The van der Waals surface area contributed by atoms with Crippen LogP contribution >= 0.6 is 0 Å². The van der Waals surface area contributed by atoms with Gasteiger partial charge in [0.05, 0.1) is 5.56 Å². The second kappa shape index (κ2) is 6.58. The van der Waals surface area contributed by atoms with Gasteiger partial charge in [0, 0.05) is 18.2 Å². The van der Waals surface area contributed by atoms with Crippen LogP contribution in [0, 0.1) is 17.8 Å². The highest BCUT2D eigenvalue weighted by atomic mass is 16.2. The van der Waals surface area contributed by atoms with Crippen molar-refractivity contribution in [3.05, 3.63) is 35.4 Å². The molecule has 0 atom stereocenters. The van der Waals surface area contributed by atoms with E-state index in [-0.39, 0.29) is 18.6 Å². The molecule has 1 saturated carbocycles. The second-order valence-electron chi connectivity index (χ2n) is 5.50. The topological polar surface area (TPSA) is 40.5 Å². The third kappa shape index (κ3) is 3.61. The summed E-state index contributed by atoms with van der Waals surface area (Å²) in [6, 6.07) is 7.53. The molecule has 0 aromatic heterocycles. The van der Waals surface area contributed by atoms with Crippen LogP contribution in [0.5, 0.6) is 0 Å². The molecule has 0 heterocycles.